The third-order valence-electron chi connectivity index (χ3n) is 4.14. The summed E-state index contributed by atoms with van der Waals surface area (Å²) in [5, 5.41) is 3.46. The lowest BCUT2D eigenvalue weighted by molar-refractivity contribution is -0.121. The van der Waals surface area contributed by atoms with Crippen LogP contribution in [-0.4, -0.2) is 22.0 Å². The van der Waals surface area contributed by atoms with Gasteiger partial charge in [0, 0.05) is 23.2 Å². The third kappa shape index (κ3) is 5.53. The molecule has 3 rings (SSSR count). The van der Waals surface area contributed by atoms with Crippen LogP contribution in [0.1, 0.15) is 12.0 Å². The third-order valence-corrected chi connectivity index (χ3v) is 4.39. The summed E-state index contributed by atoms with van der Waals surface area (Å²) >= 11 is 5.87. The van der Waals surface area contributed by atoms with Gasteiger partial charge in [-0.25, -0.2) is 4.98 Å². The molecule has 0 unspecified atom stereocenters. The van der Waals surface area contributed by atoms with Crippen molar-refractivity contribution >= 4 is 17.5 Å². The van der Waals surface area contributed by atoms with Gasteiger partial charge in [0.2, 0.25) is 5.91 Å². The summed E-state index contributed by atoms with van der Waals surface area (Å²) in [6.07, 6.45) is 3.15. The van der Waals surface area contributed by atoms with E-state index in [2.05, 4.69) is 22.4 Å². The molecule has 0 atom stereocenters. The second kappa shape index (κ2) is 9.14. The van der Waals surface area contributed by atoms with Crippen LogP contribution in [0.5, 0.6) is 0 Å². The van der Waals surface area contributed by atoms with Crippen molar-refractivity contribution in [2.45, 2.75) is 19.4 Å². The smallest absolute Gasteiger partial charge is 0.254 e. The summed E-state index contributed by atoms with van der Waals surface area (Å²) < 4.78 is 1.30. The van der Waals surface area contributed by atoms with E-state index in [1.807, 2.05) is 18.2 Å². The molecule has 0 aliphatic carbocycles. The molecule has 0 saturated heterocycles. The first kappa shape index (κ1) is 18.9. The fraction of sp³-hybridized carbons (Fsp3) is 0.190. The Hall–Kier alpha value is -2.92. The maximum absolute atomic E-state index is 12.2. The number of amides is 1. The SMILES string of the molecule is O=C(Cn1cnc(-c2ccc(Cl)cc2)cc1=O)NCCCc1ccccc1. The number of carbonyl (C=O) groups is 1. The van der Waals surface area contributed by atoms with E-state index in [1.165, 1.54) is 22.5 Å². The second-order valence-corrected chi connectivity index (χ2v) is 6.62. The molecular formula is C21H20ClN3O2. The summed E-state index contributed by atoms with van der Waals surface area (Å²) in [7, 11) is 0. The summed E-state index contributed by atoms with van der Waals surface area (Å²) in [5.74, 6) is -0.203. The van der Waals surface area contributed by atoms with Gasteiger partial charge in [-0.05, 0) is 30.5 Å². The standard InChI is InChI=1S/C21H20ClN3O2/c22-18-10-8-17(9-11-18)19-13-21(27)25(15-24-19)14-20(26)23-12-4-7-16-5-2-1-3-6-16/h1-3,5-6,8-11,13,15H,4,7,12,14H2,(H,23,26). The Morgan fingerprint density at radius 1 is 1.07 bits per heavy atom. The normalized spacial score (nSPS) is 10.6. The van der Waals surface area contributed by atoms with E-state index in [9.17, 15) is 9.59 Å². The van der Waals surface area contributed by atoms with Gasteiger partial charge in [0.1, 0.15) is 6.54 Å². The molecule has 1 heterocycles. The van der Waals surface area contributed by atoms with Crippen molar-refractivity contribution < 1.29 is 4.79 Å². The van der Waals surface area contributed by atoms with Crippen molar-refractivity contribution in [3.63, 3.8) is 0 Å². The molecule has 0 aliphatic heterocycles. The first-order chi connectivity index (χ1) is 13.1. The highest BCUT2D eigenvalue weighted by Gasteiger charge is 2.07. The molecular weight excluding hydrogens is 362 g/mol. The van der Waals surface area contributed by atoms with Gasteiger partial charge in [-0.2, -0.15) is 0 Å². The van der Waals surface area contributed by atoms with Crippen LogP contribution in [0.25, 0.3) is 11.3 Å². The first-order valence-electron chi connectivity index (χ1n) is 8.75. The van der Waals surface area contributed by atoms with E-state index in [4.69, 9.17) is 11.6 Å². The maximum atomic E-state index is 12.2. The van der Waals surface area contributed by atoms with Crippen molar-refractivity contribution in [3.05, 3.63) is 87.9 Å². The molecule has 138 valence electrons. The number of carbonyl (C=O) groups excluding carboxylic acids is 1. The molecule has 0 saturated carbocycles. The van der Waals surface area contributed by atoms with Gasteiger partial charge in [-0.1, -0.05) is 54.1 Å². The van der Waals surface area contributed by atoms with Crippen LogP contribution in [0.2, 0.25) is 5.02 Å². The quantitative estimate of drug-likeness (QED) is 0.638. The Labute approximate surface area is 162 Å². The van der Waals surface area contributed by atoms with Crippen molar-refractivity contribution in [2.75, 3.05) is 6.54 Å². The summed E-state index contributed by atoms with van der Waals surface area (Å²) in [6.45, 7) is 0.525. The van der Waals surface area contributed by atoms with Crippen molar-refractivity contribution in [1.82, 2.24) is 14.9 Å². The van der Waals surface area contributed by atoms with E-state index in [-0.39, 0.29) is 18.0 Å². The topological polar surface area (TPSA) is 64.0 Å². The Morgan fingerprint density at radius 2 is 1.81 bits per heavy atom. The predicted octanol–water partition coefficient (Wildman–Crippen LogP) is 3.31. The average molecular weight is 382 g/mol. The lowest BCUT2D eigenvalue weighted by atomic mass is 10.1. The largest absolute Gasteiger partial charge is 0.355 e. The molecule has 0 aliphatic rings. The van der Waals surface area contributed by atoms with Crippen molar-refractivity contribution in [1.29, 1.82) is 0 Å². The van der Waals surface area contributed by atoms with Gasteiger partial charge in [-0.15, -0.1) is 0 Å². The molecule has 0 bridgehead atoms. The van der Waals surface area contributed by atoms with E-state index < -0.39 is 0 Å². The zero-order chi connectivity index (χ0) is 19.1. The minimum Gasteiger partial charge on any atom is -0.355 e. The van der Waals surface area contributed by atoms with Crippen LogP contribution >= 0.6 is 11.6 Å². The number of benzene rings is 2. The number of halogens is 1. The minimum atomic E-state index is -0.269. The Bertz CT molecular complexity index is 953. The number of aryl methyl sites for hydroxylation is 1. The molecule has 27 heavy (non-hydrogen) atoms. The molecule has 1 N–H and O–H groups in total. The lowest BCUT2D eigenvalue weighted by Crippen LogP contribution is -2.32. The monoisotopic (exact) mass is 381 g/mol. The number of hydrogen-bond donors (Lipinski definition) is 1. The van der Waals surface area contributed by atoms with Gasteiger partial charge in [-0.3, -0.25) is 14.2 Å². The van der Waals surface area contributed by atoms with Crippen LogP contribution < -0.4 is 10.9 Å². The Balaban J connectivity index is 1.52. The summed E-state index contributed by atoms with van der Waals surface area (Å²) in [4.78, 5) is 28.6. The van der Waals surface area contributed by atoms with Gasteiger partial charge < -0.3 is 5.32 Å². The van der Waals surface area contributed by atoms with Crippen LogP contribution in [0.15, 0.2) is 71.8 Å². The first-order valence-corrected chi connectivity index (χ1v) is 9.13. The van der Waals surface area contributed by atoms with E-state index in [0.29, 0.717) is 17.3 Å². The fourth-order valence-electron chi connectivity index (χ4n) is 2.70. The molecule has 1 aromatic heterocycles. The van der Waals surface area contributed by atoms with Crippen LogP contribution in [0.3, 0.4) is 0 Å². The van der Waals surface area contributed by atoms with Crippen molar-refractivity contribution in [3.8, 4) is 11.3 Å². The van der Waals surface area contributed by atoms with E-state index >= 15 is 0 Å². The fourth-order valence-corrected chi connectivity index (χ4v) is 2.82. The molecule has 3 aromatic rings. The van der Waals surface area contributed by atoms with Gasteiger partial charge in [0.05, 0.1) is 12.0 Å². The highest BCUT2D eigenvalue weighted by molar-refractivity contribution is 6.30. The molecule has 2 aromatic carbocycles. The second-order valence-electron chi connectivity index (χ2n) is 6.19. The molecule has 5 nitrogen and oxygen atoms in total. The van der Waals surface area contributed by atoms with Gasteiger partial charge >= 0.3 is 0 Å². The number of rotatable bonds is 7. The highest BCUT2D eigenvalue weighted by atomic mass is 35.5. The highest BCUT2D eigenvalue weighted by Crippen LogP contribution is 2.17. The Morgan fingerprint density at radius 3 is 2.52 bits per heavy atom. The lowest BCUT2D eigenvalue weighted by Gasteiger charge is -2.08. The zero-order valence-corrected chi connectivity index (χ0v) is 15.5. The van der Waals surface area contributed by atoms with E-state index in [1.54, 1.807) is 24.3 Å². The zero-order valence-electron chi connectivity index (χ0n) is 14.8. The molecule has 1 amide bonds. The maximum Gasteiger partial charge on any atom is 0.254 e. The molecule has 0 radical (unpaired) electrons. The van der Waals surface area contributed by atoms with Gasteiger partial charge in [0.25, 0.3) is 5.56 Å². The number of hydrogen-bond acceptors (Lipinski definition) is 3. The van der Waals surface area contributed by atoms with Crippen LogP contribution in [-0.2, 0) is 17.8 Å². The minimum absolute atomic E-state index is 0.0436. The van der Waals surface area contributed by atoms with Crippen LogP contribution in [0, 0.1) is 0 Å². The van der Waals surface area contributed by atoms with Crippen LogP contribution in [0.4, 0.5) is 0 Å². The average Bonchev–Trinajstić information content (AvgIpc) is 2.68. The van der Waals surface area contributed by atoms with Crippen molar-refractivity contribution in [2.24, 2.45) is 0 Å². The summed E-state index contributed by atoms with van der Waals surface area (Å²) in [5.41, 5.74) is 2.32. The molecule has 0 fully saturated rings. The van der Waals surface area contributed by atoms with E-state index in [0.717, 1.165) is 18.4 Å². The summed E-state index contributed by atoms with van der Waals surface area (Å²) in [6, 6.07) is 18.6. The number of nitrogens with zero attached hydrogens (tertiary/aromatic N) is 2. The van der Waals surface area contributed by atoms with Gasteiger partial charge in [0.15, 0.2) is 0 Å². The molecule has 6 heteroatoms. The molecule has 0 spiro atoms. The Kier molecular flexibility index (Phi) is 6.39. The number of nitrogens with one attached hydrogen (secondary N) is 1. The number of aromatic nitrogens is 2. The predicted molar refractivity (Wildman–Crippen MR) is 107 cm³/mol.